The predicted molar refractivity (Wildman–Crippen MR) is 84.3 cm³/mol. The number of hydrogen-bond donors (Lipinski definition) is 2. The minimum absolute atomic E-state index is 0.0672. The molecule has 0 aliphatic carbocycles. The van der Waals surface area contributed by atoms with Crippen LogP contribution in [-0.4, -0.2) is 5.91 Å². The van der Waals surface area contributed by atoms with Crippen LogP contribution in [0.4, 0.5) is 11.4 Å². The maximum atomic E-state index is 10.9. The van der Waals surface area contributed by atoms with E-state index < -0.39 is 0 Å². The van der Waals surface area contributed by atoms with E-state index in [0.29, 0.717) is 11.6 Å². The van der Waals surface area contributed by atoms with Crippen molar-refractivity contribution in [2.75, 3.05) is 10.6 Å². The fraction of sp³-hybridized carbons (Fsp3) is 0.188. The van der Waals surface area contributed by atoms with Crippen LogP contribution in [0.2, 0.25) is 5.02 Å². The second-order valence-corrected chi connectivity index (χ2v) is 5.12. The summed E-state index contributed by atoms with van der Waals surface area (Å²) >= 11 is 6.13. The Morgan fingerprint density at radius 1 is 1.15 bits per heavy atom. The maximum absolute atomic E-state index is 10.9. The van der Waals surface area contributed by atoms with Gasteiger partial charge in [0.15, 0.2) is 0 Å². The van der Waals surface area contributed by atoms with E-state index in [4.69, 9.17) is 11.6 Å². The van der Waals surface area contributed by atoms with E-state index in [-0.39, 0.29) is 5.91 Å². The molecule has 104 valence electrons. The summed E-state index contributed by atoms with van der Waals surface area (Å²) in [6.45, 7) is 4.21. The lowest BCUT2D eigenvalue weighted by Crippen LogP contribution is -2.06. The summed E-state index contributed by atoms with van der Waals surface area (Å²) in [4.78, 5) is 10.9. The first kappa shape index (κ1) is 14.4. The Balaban J connectivity index is 2.00. The summed E-state index contributed by atoms with van der Waals surface area (Å²) in [5.41, 5.74) is 4.02. The van der Waals surface area contributed by atoms with Crippen molar-refractivity contribution >= 4 is 28.9 Å². The lowest BCUT2D eigenvalue weighted by molar-refractivity contribution is -0.114. The molecule has 4 heteroatoms. The molecule has 0 aliphatic rings. The molecule has 20 heavy (non-hydrogen) atoms. The highest BCUT2D eigenvalue weighted by Crippen LogP contribution is 2.23. The Morgan fingerprint density at radius 3 is 2.50 bits per heavy atom. The third-order valence-corrected chi connectivity index (χ3v) is 3.21. The van der Waals surface area contributed by atoms with Crippen LogP contribution in [0.5, 0.6) is 0 Å². The summed E-state index contributed by atoms with van der Waals surface area (Å²) in [6.07, 6.45) is 0. The highest BCUT2D eigenvalue weighted by Gasteiger charge is 2.01. The summed E-state index contributed by atoms with van der Waals surface area (Å²) in [6, 6.07) is 13.6. The largest absolute Gasteiger partial charge is 0.380 e. The number of rotatable bonds is 4. The van der Waals surface area contributed by atoms with Gasteiger partial charge in [0.05, 0.1) is 10.7 Å². The fourth-order valence-electron chi connectivity index (χ4n) is 1.88. The van der Waals surface area contributed by atoms with Crippen LogP contribution < -0.4 is 10.6 Å². The van der Waals surface area contributed by atoms with Crippen LogP contribution in [0.1, 0.15) is 18.1 Å². The molecule has 2 N–H and O–H groups in total. The molecule has 2 rings (SSSR count). The van der Waals surface area contributed by atoms with Crippen molar-refractivity contribution < 1.29 is 4.79 Å². The van der Waals surface area contributed by atoms with Crippen molar-refractivity contribution in [1.29, 1.82) is 0 Å². The molecule has 0 unspecified atom stereocenters. The maximum Gasteiger partial charge on any atom is 0.221 e. The number of aryl methyl sites for hydroxylation is 1. The van der Waals surface area contributed by atoms with Crippen LogP contribution in [-0.2, 0) is 11.3 Å². The highest BCUT2D eigenvalue weighted by molar-refractivity contribution is 6.33. The molecule has 0 saturated heterocycles. The average Bonchev–Trinajstić information content (AvgIpc) is 2.41. The Kier molecular flexibility index (Phi) is 4.64. The molecule has 0 heterocycles. The van der Waals surface area contributed by atoms with Crippen LogP contribution in [0.3, 0.4) is 0 Å². The summed E-state index contributed by atoms with van der Waals surface area (Å²) < 4.78 is 0. The number of hydrogen-bond acceptors (Lipinski definition) is 2. The van der Waals surface area contributed by atoms with Gasteiger partial charge in [-0.3, -0.25) is 4.79 Å². The average molecular weight is 289 g/mol. The number of amides is 1. The number of nitrogens with one attached hydrogen (secondary N) is 2. The van der Waals surface area contributed by atoms with Crippen LogP contribution in [0, 0.1) is 6.92 Å². The SMILES string of the molecule is CC(=O)Nc1ccc(CNc2cc(C)ccc2Cl)cc1. The van der Waals surface area contributed by atoms with E-state index in [0.717, 1.165) is 22.5 Å². The zero-order chi connectivity index (χ0) is 14.5. The normalized spacial score (nSPS) is 10.2. The van der Waals surface area contributed by atoms with Gasteiger partial charge in [-0.15, -0.1) is 0 Å². The van der Waals surface area contributed by atoms with Gasteiger partial charge in [0, 0.05) is 19.2 Å². The van der Waals surface area contributed by atoms with E-state index in [1.54, 1.807) is 0 Å². The van der Waals surface area contributed by atoms with Gasteiger partial charge in [0.25, 0.3) is 0 Å². The lowest BCUT2D eigenvalue weighted by Gasteiger charge is -2.10. The Labute approximate surface area is 124 Å². The molecule has 0 fully saturated rings. The van der Waals surface area contributed by atoms with Gasteiger partial charge < -0.3 is 10.6 Å². The highest BCUT2D eigenvalue weighted by atomic mass is 35.5. The molecule has 1 amide bonds. The number of carbonyl (C=O) groups is 1. The van der Waals surface area contributed by atoms with Gasteiger partial charge in [-0.05, 0) is 42.3 Å². The quantitative estimate of drug-likeness (QED) is 0.884. The Bertz CT molecular complexity index is 608. The van der Waals surface area contributed by atoms with Crippen molar-refractivity contribution in [3.05, 3.63) is 58.6 Å². The topological polar surface area (TPSA) is 41.1 Å². The minimum atomic E-state index is -0.0672. The van der Waals surface area contributed by atoms with E-state index >= 15 is 0 Å². The molecule has 0 bridgehead atoms. The second-order valence-electron chi connectivity index (χ2n) is 4.71. The second kappa shape index (κ2) is 6.44. The zero-order valence-electron chi connectivity index (χ0n) is 11.5. The molecule has 0 spiro atoms. The van der Waals surface area contributed by atoms with Gasteiger partial charge in [0.2, 0.25) is 5.91 Å². The lowest BCUT2D eigenvalue weighted by atomic mass is 10.2. The summed E-state index contributed by atoms with van der Waals surface area (Å²) in [5, 5.41) is 6.77. The van der Waals surface area contributed by atoms with E-state index in [1.165, 1.54) is 6.92 Å². The van der Waals surface area contributed by atoms with Gasteiger partial charge in [-0.1, -0.05) is 29.8 Å². The molecule has 0 aromatic heterocycles. The summed E-state index contributed by atoms with van der Waals surface area (Å²) in [7, 11) is 0. The van der Waals surface area contributed by atoms with E-state index in [1.807, 2.05) is 49.4 Å². The van der Waals surface area contributed by atoms with E-state index in [9.17, 15) is 4.79 Å². The number of halogens is 1. The fourth-order valence-corrected chi connectivity index (χ4v) is 2.07. The third-order valence-electron chi connectivity index (χ3n) is 2.88. The number of carbonyl (C=O) groups excluding carboxylic acids is 1. The third kappa shape index (κ3) is 4.00. The van der Waals surface area contributed by atoms with Crippen LogP contribution in [0.25, 0.3) is 0 Å². The molecular formula is C16H17ClN2O. The molecule has 0 saturated carbocycles. The minimum Gasteiger partial charge on any atom is -0.380 e. The molecule has 2 aromatic rings. The van der Waals surface area contributed by atoms with Crippen LogP contribution in [0.15, 0.2) is 42.5 Å². The first-order valence-corrected chi connectivity index (χ1v) is 6.79. The van der Waals surface area contributed by atoms with Crippen molar-refractivity contribution in [2.24, 2.45) is 0 Å². The first-order valence-electron chi connectivity index (χ1n) is 6.41. The Morgan fingerprint density at radius 2 is 1.85 bits per heavy atom. The van der Waals surface area contributed by atoms with Gasteiger partial charge >= 0.3 is 0 Å². The zero-order valence-corrected chi connectivity index (χ0v) is 12.3. The van der Waals surface area contributed by atoms with Crippen LogP contribution >= 0.6 is 11.6 Å². The molecule has 0 radical (unpaired) electrons. The van der Waals surface area contributed by atoms with E-state index in [2.05, 4.69) is 10.6 Å². The summed E-state index contributed by atoms with van der Waals surface area (Å²) in [5.74, 6) is -0.0672. The predicted octanol–water partition coefficient (Wildman–Crippen LogP) is 4.22. The first-order chi connectivity index (χ1) is 9.54. The van der Waals surface area contributed by atoms with Gasteiger partial charge in [0.1, 0.15) is 0 Å². The molecule has 2 aromatic carbocycles. The van der Waals surface area contributed by atoms with Crippen molar-refractivity contribution in [3.63, 3.8) is 0 Å². The van der Waals surface area contributed by atoms with Crippen molar-refractivity contribution in [1.82, 2.24) is 0 Å². The van der Waals surface area contributed by atoms with Crippen molar-refractivity contribution in [3.8, 4) is 0 Å². The molecular weight excluding hydrogens is 272 g/mol. The number of anilines is 2. The standard InChI is InChI=1S/C16H17ClN2O/c1-11-3-8-15(17)16(9-11)18-10-13-4-6-14(7-5-13)19-12(2)20/h3-9,18H,10H2,1-2H3,(H,19,20). The Hall–Kier alpha value is -2.00. The smallest absolute Gasteiger partial charge is 0.221 e. The molecule has 3 nitrogen and oxygen atoms in total. The van der Waals surface area contributed by atoms with Crippen molar-refractivity contribution in [2.45, 2.75) is 20.4 Å². The number of benzene rings is 2. The van der Waals surface area contributed by atoms with Gasteiger partial charge in [-0.2, -0.15) is 0 Å². The monoisotopic (exact) mass is 288 g/mol. The molecule has 0 aliphatic heterocycles. The van der Waals surface area contributed by atoms with Gasteiger partial charge in [-0.25, -0.2) is 0 Å². The molecule has 0 atom stereocenters.